The third-order valence-electron chi connectivity index (χ3n) is 1.53. The molecule has 0 aliphatic carbocycles. The highest BCUT2D eigenvalue weighted by Crippen LogP contribution is 2.06. The largest absolute Gasteiger partial charge is 0.478 e. The van der Waals surface area contributed by atoms with E-state index in [0.29, 0.717) is 5.69 Å². The maximum atomic E-state index is 10.6. The van der Waals surface area contributed by atoms with Gasteiger partial charge in [-0.25, -0.2) is 20.2 Å². The van der Waals surface area contributed by atoms with Gasteiger partial charge in [0.1, 0.15) is 6.61 Å². The summed E-state index contributed by atoms with van der Waals surface area (Å²) >= 11 is 0. The maximum absolute atomic E-state index is 10.6. The van der Waals surface area contributed by atoms with Crippen LogP contribution in [-0.4, -0.2) is 27.7 Å². The summed E-state index contributed by atoms with van der Waals surface area (Å²) in [4.78, 5) is 23.0. The fourth-order valence-electron chi connectivity index (χ4n) is 0.869. The zero-order valence-electron chi connectivity index (χ0n) is 8.02. The Morgan fingerprint density at radius 3 is 3.07 bits per heavy atom. The molecule has 0 fully saturated rings. The van der Waals surface area contributed by atoms with Crippen molar-refractivity contribution in [2.45, 2.75) is 6.92 Å². The molecule has 15 heavy (non-hydrogen) atoms. The summed E-state index contributed by atoms with van der Waals surface area (Å²) in [6.45, 7) is 1.64. The summed E-state index contributed by atoms with van der Waals surface area (Å²) in [5.41, 5.74) is 2.80. The van der Waals surface area contributed by atoms with Gasteiger partial charge in [-0.15, -0.1) is 6.42 Å². The fraction of sp³-hybridized carbons (Fsp3) is 0.222. The first-order chi connectivity index (χ1) is 7.15. The molecule has 2 N–H and O–H groups in total. The van der Waals surface area contributed by atoms with Gasteiger partial charge in [-0.2, -0.15) is 0 Å². The summed E-state index contributed by atoms with van der Waals surface area (Å²) in [5.74, 6) is 1.36. The van der Waals surface area contributed by atoms with Gasteiger partial charge in [-0.05, 0) is 6.92 Å². The van der Waals surface area contributed by atoms with Gasteiger partial charge >= 0.3 is 5.97 Å². The van der Waals surface area contributed by atoms with Gasteiger partial charge in [0.05, 0.1) is 11.3 Å². The Bertz CT molecular complexity index is 412. The number of carboxylic acids is 1. The molecule has 1 rings (SSSR count). The van der Waals surface area contributed by atoms with Crippen LogP contribution in [0.3, 0.4) is 0 Å². The summed E-state index contributed by atoms with van der Waals surface area (Å²) in [6.07, 6.45) is 6.15. The topological polar surface area (TPSA) is 84.3 Å². The lowest BCUT2D eigenvalue weighted by atomic mass is 10.2. The number of carbonyl (C=O) groups is 1. The van der Waals surface area contributed by atoms with Crippen LogP contribution in [0.2, 0.25) is 0 Å². The molecule has 0 aliphatic rings. The number of hydrogen-bond acceptors (Lipinski definition) is 5. The number of carboxylic acid groups (broad SMARTS) is 1. The minimum atomic E-state index is -1.07. The van der Waals surface area contributed by atoms with Crippen molar-refractivity contribution in [3.8, 4) is 12.3 Å². The number of aromatic nitrogens is 2. The van der Waals surface area contributed by atoms with E-state index in [2.05, 4.69) is 21.4 Å². The summed E-state index contributed by atoms with van der Waals surface area (Å²) in [7, 11) is 0. The molecule has 0 spiro atoms. The average Bonchev–Trinajstić information content (AvgIpc) is 2.17. The van der Waals surface area contributed by atoms with Crippen molar-refractivity contribution in [1.82, 2.24) is 9.97 Å². The monoisotopic (exact) mass is 207 g/mol. The molecular weight excluding hydrogens is 198 g/mol. The molecule has 0 saturated carbocycles. The second-order valence-corrected chi connectivity index (χ2v) is 2.59. The van der Waals surface area contributed by atoms with Crippen molar-refractivity contribution in [3.63, 3.8) is 0 Å². The first kappa shape index (κ1) is 10.9. The van der Waals surface area contributed by atoms with Gasteiger partial charge in [-0.3, -0.25) is 4.84 Å². The molecule has 0 aliphatic heterocycles. The van der Waals surface area contributed by atoms with Crippen LogP contribution >= 0.6 is 0 Å². The van der Waals surface area contributed by atoms with Crippen LogP contribution in [-0.2, 0) is 4.84 Å². The Kier molecular flexibility index (Phi) is 3.60. The molecule has 0 radical (unpaired) electrons. The highest BCUT2D eigenvalue weighted by Gasteiger charge is 2.09. The standard InChI is InChI=1S/C9H9N3O3/c1-3-4-15-12-9-10-5-7(8(13)14)6(2)11-9/h1,5H,4H2,2H3,(H,13,14)(H,10,11,12). The number of aryl methyl sites for hydroxylation is 1. The van der Waals surface area contributed by atoms with Gasteiger partial charge in [-0.1, -0.05) is 5.92 Å². The van der Waals surface area contributed by atoms with E-state index < -0.39 is 5.97 Å². The first-order valence-electron chi connectivity index (χ1n) is 4.03. The lowest BCUT2D eigenvalue weighted by Gasteiger charge is -2.04. The maximum Gasteiger partial charge on any atom is 0.339 e. The molecule has 0 aromatic carbocycles. The first-order valence-corrected chi connectivity index (χ1v) is 4.03. The highest BCUT2D eigenvalue weighted by atomic mass is 16.6. The van der Waals surface area contributed by atoms with Gasteiger partial charge in [0.25, 0.3) is 0 Å². The number of nitrogens with one attached hydrogen (secondary N) is 1. The van der Waals surface area contributed by atoms with E-state index in [9.17, 15) is 4.79 Å². The summed E-state index contributed by atoms with van der Waals surface area (Å²) in [6, 6.07) is 0. The molecular formula is C9H9N3O3. The third kappa shape index (κ3) is 2.93. The number of hydrogen-bond donors (Lipinski definition) is 2. The molecule has 0 atom stereocenters. The zero-order valence-corrected chi connectivity index (χ0v) is 8.02. The number of terminal acetylenes is 1. The summed E-state index contributed by atoms with van der Waals surface area (Å²) in [5, 5.41) is 8.71. The van der Waals surface area contributed by atoms with Crippen LogP contribution < -0.4 is 5.48 Å². The van der Waals surface area contributed by atoms with Crippen molar-refractivity contribution < 1.29 is 14.7 Å². The predicted molar refractivity (Wildman–Crippen MR) is 52.1 cm³/mol. The molecule has 0 amide bonds. The van der Waals surface area contributed by atoms with Crippen LogP contribution in [0.25, 0.3) is 0 Å². The van der Waals surface area contributed by atoms with Crippen LogP contribution in [0.4, 0.5) is 5.95 Å². The molecule has 1 aromatic rings. The van der Waals surface area contributed by atoms with E-state index in [1.54, 1.807) is 6.92 Å². The van der Waals surface area contributed by atoms with Crippen molar-refractivity contribution in [1.29, 1.82) is 0 Å². The molecule has 1 aromatic heterocycles. The molecule has 6 heteroatoms. The minimum Gasteiger partial charge on any atom is -0.478 e. The molecule has 0 saturated heterocycles. The van der Waals surface area contributed by atoms with E-state index in [4.69, 9.17) is 16.4 Å². The number of rotatable bonds is 4. The zero-order chi connectivity index (χ0) is 11.3. The van der Waals surface area contributed by atoms with Crippen molar-refractivity contribution >= 4 is 11.9 Å². The van der Waals surface area contributed by atoms with Crippen LogP contribution in [0.5, 0.6) is 0 Å². The predicted octanol–water partition coefficient (Wildman–Crippen LogP) is 0.460. The van der Waals surface area contributed by atoms with E-state index >= 15 is 0 Å². The normalized spacial score (nSPS) is 9.33. The Hall–Kier alpha value is -2.13. The van der Waals surface area contributed by atoms with E-state index in [0.717, 1.165) is 0 Å². The second-order valence-electron chi connectivity index (χ2n) is 2.59. The lowest BCUT2D eigenvalue weighted by molar-refractivity contribution is 0.0695. The number of aromatic carboxylic acids is 1. The number of anilines is 1. The van der Waals surface area contributed by atoms with E-state index in [1.165, 1.54) is 6.20 Å². The smallest absolute Gasteiger partial charge is 0.339 e. The van der Waals surface area contributed by atoms with Crippen LogP contribution in [0, 0.1) is 19.3 Å². The van der Waals surface area contributed by atoms with E-state index in [1.807, 2.05) is 0 Å². The molecule has 0 bridgehead atoms. The minimum absolute atomic E-state index is 0.0532. The third-order valence-corrected chi connectivity index (χ3v) is 1.53. The van der Waals surface area contributed by atoms with Gasteiger partial charge < -0.3 is 5.11 Å². The molecule has 78 valence electrons. The van der Waals surface area contributed by atoms with Crippen molar-refractivity contribution in [3.05, 3.63) is 17.5 Å². The molecule has 1 heterocycles. The Balaban J connectivity index is 2.74. The summed E-state index contributed by atoms with van der Waals surface area (Å²) < 4.78 is 0. The second kappa shape index (κ2) is 4.93. The van der Waals surface area contributed by atoms with Gasteiger partial charge in [0.2, 0.25) is 5.95 Å². The van der Waals surface area contributed by atoms with Crippen molar-refractivity contribution in [2.75, 3.05) is 12.1 Å². The number of nitrogens with zero attached hydrogens (tertiary/aromatic N) is 2. The Morgan fingerprint density at radius 1 is 1.80 bits per heavy atom. The van der Waals surface area contributed by atoms with Crippen LogP contribution in [0.1, 0.15) is 16.1 Å². The highest BCUT2D eigenvalue weighted by molar-refractivity contribution is 5.88. The quantitative estimate of drug-likeness (QED) is 0.424. The Morgan fingerprint density at radius 2 is 2.53 bits per heavy atom. The fourth-order valence-corrected chi connectivity index (χ4v) is 0.869. The SMILES string of the molecule is C#CCONc1ncc(C(=O)O)c(C)n1. The van der Waals surface area contributed by atoms with Gasteiger partial charge in [0, 0.05) is 6.20 Å². The van der Waals surface area contributed by atoms with Gasteiger partial charge in [0.15, 0.2) is 0 Å². The van der Waals surface area contributed by atoms with Crippen LogP contribution in [0.15, 0.2) is 6.20 Å². The lowest BCUT2D eigenvalue weighted by Crippen LogP contribution is -2.09. The average molecular weight is 207 g/mol. The molecule has 6 nitrogen and oxygen atoms in total. The molecule has 0 unspecified atom stereocenters. The Labute approximate surface area is 86.3 Å². The van der Waals surface area contributed by atoms with E-state index in [-0.39, 0.29) is 18.1 Å². The van der Waals surface area contributed by atoms with Crippen molar-refractivity contribution in [2.24, 2.45) is 0 Å².